The van der Waals surface area contributed by atoms with Gasteiger partial charge in [-0.05, 0) is 67.2 Å². The molecular formula is C21H20N2O3. The smallest absolute Gasteiger partial charge is 0.282 e. The summed E-state index contributed by atoms with van der Waals surface area (Å²) in [5.41, 5.74) is 5.16. The van der Waals surface area contributed by atoms with Gasteiger partial charge in [0.25, 0.3) is 11.8 Å². The Balaban J connectivity index is 1.54. The van der Waals surface area contributed by atoms with Gasteiger partial charge in [0, 0.05) is 0 Å². The highest BCUT2D eigenvalue weighted by Crippen LogP contribution is 2.30. The van der Waals surface area contributed by atoms with Crippen molar-refractivity contribution < 1.29 is 14.3 Å². The molecule has 0 unspecified atom stereocenters. The SMILES string of the molecule is Cc1cc(C=C2C(=O)NN(c3ccccc3)C2=O)ccc1OCC1CC1. The van der Waals surface area contributed by atoms with Crippen molar-refractivity contribution in [3.63, 3.8) is 0 Å². The third-order valence-corrected chi connectivity index (χ3v) is 4.59. The van der Waals surface area contributed by atoms with Gasteiger partial charge in [-0.1, -0.05) is 24.3 Å². The number of rotatable bonds is 5. The van der Waals surface area contributed by atoms with Crippen molar-refractivity contribution in [2.75, 3.05) is 11.6 Å². The lowest BCUT2D eigenvalue weighted by Crippen LogP contribution is -2.35. The van der Waals surface area contributed by atoms with Gasteiger partial charge in [0.15, 0.2) is 0 Å². The van der Waals surface area contributed by atoms with Gasteiger partial charge >= 0.3 is 0 Å². The number of benzene rings is 2. The predicted molar refractivity (Wildman–Crippen MR) is 99.4 cm³/mol. The van der Waals surface area contributed by atoms with E-state index < -0.39 is 5.91 Å². The maximum atomic E-state index is 12.6. The van der Waals surface area contributed by atoms with Gasteiger partial charge in [-0.25, -0.2) is 5.01 Å². The van der Waals surface area contributed by atoms with E-state index in [1.165, 1.54) is 17.9 Å². The third-order valence-electron chi connectivity index (χ3n) is 4.59. The van der Waals surface area contributed by atoms with Gasteiger partial charge in [-0.15, -0.1) is 0 Å². The van der Waals surface area contributed by atoms with E-state index >= 15 is 0 Å². The van der Waals surface area contributed by atoms with E-state index in [1.807, 2.05) is 43.3 Å². The van der Waals surface area contributed by atoms with E-state index in [-0.39, 0.29) is 11.5 Å². The van der Waals surface area contributed by atoms with E-state index in [4.69, 9.17) is 4.74 Å². The first-order valence-electron chi connectivity index (χ1n) is 8.77. The zero-order chi connectivity index (χ0) is 18.1. The van der Waals surface area contributed by atoms with Crippen LogP contribution in [0, 0.1) is 12.8 Å². The van der Waals surface area contributed by atoms with Crippen LogP contribution in [0.15, 0.2) is 54.1 Å². The van der Waals surface area contributed by atoms with Crippen LogP contribution in [0.5, 0.6) is 5.75 Å². The summed E-state index contributed by atoms with van der Waals surface area (Å²) < 4.78 is 5.83. The molecule has 132 valence electrons. The highest BCUT2D eigenvalue weighted by Gasteiger charge is 2.34. The van der Waals surface area contributed by atoms with Gasteiger partial charge in [-0.2, -0.15) is 0 Å². The van der Waals surface area contributed by atoms with E-state index in [9.17, 15) is 9.59 Å². The molecule has 2 aromatic rings. The molecule has 2 fully saturated rings. The van der Waals surface area contributed by atoms with Crippen molar-refractivity contribution in [3.8, 4) is 5.75 Å². The number of carbonyl (C=O) groups is 2. The summed E-state index contributed by atoms with van der Waals surface area (Å²) in [5.74, 6) is 0.797. The number of nitrogens with one attached hydrogen (secondary N) is 1. The number of amides is 2. The van der Waals surface area contributed by atoms with Gasteiger partial charge in [-0.3, -0.25) is 15.0 Å². The molecule has 0 radical (unpaired) electrons. The first kappa shape index (κ1) is 16.4. The summed E-state index contributed by atoms with van der Waals surface area (Å²) in [7, 11) is 0. The third kappa shape index (κ3) is 3.33. The highest BCUT2D eigenvalue weighted by molar-refractivity contribution is 6.31. The van der Waals surface area contributed by atoms with Crippen LogP contribution >= 0.6 is 0 Å². The first-order chi connectivity index (χ1) is 12.6. The Hall–Kier alpha value is -3.08. The number of ether oxygens (including phenoxy) is 1. The van der Waals surface area contributed by atoms with Crippen LogP contribution in [-0.2, 0) is 9.59 Å². The molecule has 1 heterocycles. The maximum absolute atomic E-state index is 12.6. The average Bonchev–Trinajstić information content (AvgIpc) is 3.43. The molecule has 1 aliphatic heterocycles. The second-order valence-electron chi connectivity index (χ2n) is 6.75. The molecule has 1 aliphatic carbocycles. The fourth-order valence-corrected chi connectivity index (χ4v) is 2.90. The van der Waals surface area contributed by atoms with Crippen LogP contribution in [0.4, 0.5) is 5.69 Å². The molecule has 1 saturated heterocycles. The van der Waals surface area contributed by atoms with Crippen molar-refractivity contribution in [1.29, 1.82) is 0 Å². The van der Waals surface area contributed by atoms with Crippen molar-refractivity contribution in [1.82, 2.24) is 5.43 Å². The number of carbonyl (C=O) groups excluding carboxylic acids is 2. The largest absolute Gasteiger partial charge is 0.493 e. The van der Waals surface area contributed by atoms with E-state index in [0.717, 1.165) is 23.5 Å². The first-order valence-corrected chi connectivity index (χ1v) is 8.77. The Kier molecular flexibility index (Phi) is 4.21. The summed E-state index contributed by atoms with van der Waals surface area (Å²) in [5, 5.41) is 1.27. The minimum absolute atomic E-state index is 0.125. The lowest BCUT2D eigenvalue weighted by molar-refractivity contribution is -0.117. The van der Waals surface area contributed by atoms with Crippen molar-refractivity contribution in [3.05, 3.63) is 65.2 Å². The van der Waals surface area contributed by atoms with Crippen LogP contribution in [0.3, 0.4) is 0 Å². The number of aryl methyl sites for hydroxylation is 1. The summed E-state index contributed by atoms with van der Waals surface area (Å²) in [4.78, 5) is 24.8. The number of hydrogen-bond acceptors (Lipinski definition) is 3. The second-order valence-corrected chi connectivity index (χ2v) is 6.75. The van der Waals surface area contributed by atoms with Crippen molar-refractivity contribution in [2.24, 2.45) is 5.92 Å². The lowest BCUT2D eigenvalue weighted by Gasteiger charge is -2.13. The van der Waals surface area contributed by atoms with E-state index in [1.54, 1.807) is 18.2 Å². The lowest BCUT2D eigenvalue weighted by atomic mass is 10.1. The molecule has 0 atom stereocenters. The quantitative estimate of drug-likeness (QED) is 0.667. The van der Waals surface area contributed by atoms with Gasteiger partial charge in [0.05, 0.1) is 12.3 Å². The molecule has 4 rings (SSSR count). The second kappa shape index (κ2) is 6.67. The zero-order valence-corrected chi connectivity index (χ0v) is 14.6. The normalized spacial score (nSPS) is 18.3. The summed E-state index contributed by atoms with van der Waals surface area (Å²) in [6.07, 6.45) is 4.12. The zero-order valence-electron chi connectivity index (χ0n) is 14.6. The van der Waals surface area contributed by atoms with Crippen LogP contribution in [0.1, 0.15) is 24.0 Å². The van der Waals surface area contributed by atoms with E-state index in [0.29, 0.717) is 11.6 Å². The Morgan fingerprint density at radius 2 is 1.92 bits per heavy atom. The van der Waals surface area contributed by atoms with Crippen LogP contribution in [0.2, 0.25) is 0 Å². The Bertz CT molecular complexity index is 885. The molecule has 2 aliphatic rings. The fraction of sp³-hybridized carbons (Fsp3) is 0.238. The van der Waals surface area contributed by atoms with Gasteiger partial charge in [0.2, 0.25) is 0 Å². The summed E-state index contributed by atoms with van der Waals surface area (Å²) in [6.45, 7) is 2.73. The Morgan fingerprint density at radius 1 is 1.15 bits per heavy atom. The molecule has 1 N–H and O–H groups in total. The topological polar surface area (TPSA) is 58.6 Å². The number of hydrogen-bond donors (Lipinski definition) is 1. The molecule has 5 nitrogen and oxygen atoms in total. The standard InChI is InChI=1S/C21H20N2O3/c1-14-11-16(9-10-19(14)26-13-15-7-8-15)12-18-20(24)22-23(21(18)25)17-5-3-2-4-6-17/h2-6,9-12,15H,7-8,13H2,1H3,(H,22,24). The Labute approximate surface area is 152 Å². The van der Waals surface area contributed by atoms with Crippen molar-refractivity contribution in [2.45, 2.75) is 19.8 Å². The van der Waals surface area contributed by atoms with Gasteiger partial charge in [0.1, 0.15) is 11.3 Å². The molecule has 0 aromatic heterocycles. The molecule has 5 heteroatoms. The maximum Gasteiger partial charge on any atom is 0.282 e. The van der Waals surface area contributed by atoms with Crippen molar-refractivity contribution >= 4 is 23.6 Å². The summed E-state index contributed by atoms with van der Waals surface area (Å²) >= 11 is 0. The number of hydrazine groups is 1. The average molecular weight is 348 g/mol. The minimum Gasteiger partial charge on any atom is -0.493 e. The molecule has 2 aromatic carbocycles. The molecule has 1 saturated carbocycles. The summed E-state index contributed by atoms with van der Waals surface area (Å²) in [6, 6.07) is 14.7. The number of para-hydroxylation sites is 1. The molecule has 0 spiro atoms. The molecule has 2 amide bonds. The highest BCUT2D eigenvalue weighted by atomic mass is 16.5. The van der Waals surface area contributed by atoms with Crippen LogP contribution in [0.25, 0.3) is 6.08 Å². The van der Waals surface area contributed by atoms with Crippen LogP contribution in [-0.4, -0.2) is 18.4 Å². The minimum atomic E-state index is -0.398. The molecule has 26 heavy (non-hydrogen) atoms. The fourth-order valence-electron chi connectivity index (χ4n) is 2.90. The predicted octanol–water partition coefficient (Wildman–Crippen LogP) is 3.25. The number of anilines is 1. The molecule has 0 bridgehead atoms. The number of nitrogens with zero attached hydrogens (tertiary/aromatic N) is 1. The van der Waals surface area contributed by atoms with Gasteiger partial charge < -0.3 is 4.74 Å². The Morgan fingerprint density at radius 3 is 2.62 bits per heavy atom. The monoisotopic (exact) mass is 348 g/mol. The van der Waals surface area contributed by atoms with E-state index in [2.05, 4.69) is 5.43 Å². The molecular weight excluding hydrogens is 328 g/mol. The van der Waals surface area contributed by atoms with Crippen LogP contribution < -0.4 is 15.2 Å².